The molecule has 4 saturated carbocycles. The van der Waals surface area contributed by atoms with Crippen LogP contribution in [-0.2, 0) is 9.47 Å². The van der Waals surface area contributed by atoms with Crippen LogP contribution in [0.3, 0.4) is 0 Å². The number of hydrogen-bond acceptors (Lipinski definition) is 2. The van der Waals surface area contributed by atoms with Crippen molar-refractivity contribution in [3.05, 3.63) is 12.2 Å². The van der Waals surface area contributed by atoms with Crippen molar-refractivity contribution < 1.29 is 13.9 Å². The van der Waals surface area contributed by atoms with E-state index >= 15 is 4.39 Å². The molecular weight excluding hydrogens is 303 g/mol. The lowest BCUT2D eigenvalue weighted by Crippen LogP contribution is -2.54. The largest absolute Gasteiger partial charge is 0.353 e. The summed E-state index contributed by atoms with van der Waals surface area (Å²) in [6.45, 7) is 6.77. The molecule has 3 heteroatoms. The number of ether oxygens (including phenoxy) is 2. The Kier molecular flexibility index (Phi) is 4.12. The van der Waals surface area contributed by atoms with Gasteiger partial charge in [0.05, 0.1) is 0 Å². The van der Waals surface area contributed by atoms with Crippen LogP contribution in [0.2, 0.25) is 0 Å². The fourth-order valence-electron chi connectivity index (χ4n) is 7.12. The monoisotopic (exact) mass is 336 g/mol. The molecule has 0 saturated heterocycles. The fraction of sp³-hybridized carbons (Fsp3) is 0.905. The predicted molar refractivity (Wildman–Crippen MR) is 93.3 cm³/mol. The van der Waals surface area contributed by atoms with Gasteiger partial charge in [-0.1, -0.05) is 19.1 Å². The second-order valence-corrected chi connectivity index (χ2v) is 9.17. The first-order valence-electron chi connectivity index (χ1n) is 9.87. The van der Waals surface area contributed by atoms with E-state index in [1.165, 1.54) is 24.8 Å². The van der Waals surface area contributed by atoms with Crippen molar-refractivity contribution in [1.29, 1.82) is 0 Å². The molecule has 4 aliphatic rings. The second-order valence-electron chi connectivity index (χ2n) is 9.17. The average Bonchev–Trinajstić information content (AvgIpc) is 2.90. The van der Waals surface area contributed by atoms with E-state index in [1.54, 1.807) is 14.2 Å². The van der Waals surface area contributed by atoms with E-state index in [1.807, 2.05) is 0 Å². The molecule has 0 spiro atoms. The van der Waals surface area contributed by atoms with E-state index in [4.69, 9.17) is 9.47 Å². The van der Waals surface area contributed by atoms with Crippen LogP contribution in [0.4, 0.5) is 4.39 Å². The second kappa shape index (κ2) is 5.81. The molecule has 0 radical (unpaired) electrons. The maximum atomic E-state index is 15.3. The first kappa shape index (κ1) is 17.0. The minimum absolute atomic E-state index is 0.119. The topological polar surface area (TPSA) is 18.5 Å². The van der Waals surface area contributed by atoms with Crippen molar-refractivity contribution in [2.45, 2.75) is 70.2 Å². The van der Waals surface area contributed by atoms with Crippen molar-refractivity contribution >= 4 is 0 Å². The number of fused-ring (bicyclic) bond motifs is 5. The summed E-state index contributed by atoms with van der Waals surface area (Å²) in [5.74, 6) is 2.03. The van der Waals surface area contributed by atoms with Crippen molar-refractivity contribution in [2.75, 3.05) is 14.2 Å². The van der Waals surface area contributed by atoms with Crippen LogP contribution < -0.4 is 0 Å². The first-order chi connectivity index (χ1) is 11.4. The van der Waals surface area contributed by atoms with Crippen LogP contribution in [0.5, 0.6) is 0 Å². The molecule has 0 aromatic heterocycles. The van der Waals surface area contributed by atoms with Crippen LogP contribution >= 0.6 is 0 Å². The van der Waals surface area contributed by atoms with Gasteiger partial charge in [-0.3, -0.25) is 0 Å². The molecule has 0 amide bonds. The molecule has 0 N–H and O–H groups in total. The average molecular weight is 336 g/mol. The molecule has 4 rings (SSSR count). The van der Waals surface area contributed by atoms with Gasteiger partial charge in [-0.05, 0) is 73.5 Å². The van der Waals surface area contributed by atoms with Gasteiger partial charge in [-0.25, -0.2) is 4.39 Å². The molecule has 0 bridgehead atoms. The van der Waals surface area contributed by atoms with Gasteiger partial charge >= 0.3 is 0 Å². The number of rotatable bonds is 2. The summed E-state index contributed by atoms with van der Waals surface area (Å²) in [5.41, 5.74) is 1.72. The van der Waals surface area contributed by atoms with Gasteiger partial charge in [-0.15, -0.1) is 0 Å². The molecule has 7 atom stereocenters. The number of hydrogen-bond donors (Lipinski definition) is 0. The maximum absolute atomic E-state index is 15.3. The van der Waals surface area contributed by atoms with Crippen LogP contribution in [-0.4, -0.2) is 26.2 Å². The lowest BCUT2D eigenvalue weighted by Gasteiger charge is -2.57. The van der Waals surface area contributed by atoms with Crippen molar-refractivity contribution in [3.63, 3.8) is 0 Å². The van der Waals surface area contributed by atoms with Gasteiger partial charge in [0.2, 0.25) is 0 Å². The summed E-state index contributed by atoms with van der Waals surface area (Å²) in [7, 11) is 3.41. The predicted octanol–water partition coefficient (Wildman–Crippen LogP) is 5.13. The van der Waals surface area contributed by atoms with Crippen molar-refractivity contribution in [2.24, 2.45) is 35.0 Å². The van der Waals surface area contributed by atoms with Gasteiger partial charge in [0.1, 0.15) is 6.17 Å². The summed E-state index contributed by atoms with van der Waals surface area (Å²) in [6.07, 6.45) is 7.66. The Hall–Kier alpha value is -0.410. The molecule has 24 heavy (non-hydrogen) atoms. The molecule has 2 nitrogen and oxygen atoms in total. The number of alkyl halides is 1. The highest BCUT2D eigenvalue weighted by Gasteiger charge is 2.58. The summed E-state index contributed by atoms with van der Waals surface area (Å²) in [5, 5.41) is 0. The normalized spacial score (nSPS) is 50.1. The van der Waals surface area contributed by atoms with Crippen LogP contribution in [0.15, 0.2) is 12.2 Å². The summed E-state index contributed by atoms with van der Waals surface area (Å²) < 4.78 is 26.6. The van der Waals surface area contributed by atoms with E-state index < -0.39 is 12.0 Å². The summed E-state index contributed by atoms with van der Waals surface area (Å²) in [6, 6.07) is 0. The third-order valence-electron chi connectivity index (χ3n) is 8.66. The number of halogens is 1. The zero-order valence-corrected chi connectivity index (χ0v) is 15.5. The van der Waals surface area contributed by atoms with E-state index in [0.29, 0.717) is 23.7 Å². The molecule has 4 fully saturated rings. The van der Waals surface area contributed by atoms with Crippen LogP contribution in [0.1, 0.15) is 58.3 Å². The fourth-order valence-corrected chi connectivity index (χ4v) is 7.12. The Balaban J connectivity index is 1.58. The Morgan fingerprint density at radius 2 is 1.67 bits per heavy atom. The van der Waals surface area contributed by atoms with E-state index in [-0.39, 0.29) is 11.3 Å². The number of allylic oxidation sites excluding steroid dienone is 1. The highest BCUT2D eigenvalue weighted by Crippen LogP contribution is 2.64. The molecule has 136 valence electrons. The van der Waals surface area contributed by atoms with E-state index in [2.05, 4.69) is 13.5 Å². The quantitative estimate of drug-likeness (QED) is 0.514. The zero-order chi connectivity index (χ0) is 17.1. The maximum Gasteiger partial charge on any atom is 0.167 e. The van der Waals surface area contributed by atoms with Gasteiger partial charge in [0.25, 0.3) is 0 Å². The summed E-state index contributed by atoms with van der Waals surface area (Å²) >= 11 is 0. The lowest BCUT2D eigenvalue weighted by molar-refractivity contribution is -0.252. The van der Waals surface area contributed by atoms with E-state index in [9.17, 15) is 0 Å². The molecule has 4 aliphatic carbocycles. The van der Waals surface area contributed by atoms with Gasteiger partial charge in [-0.2, -0.15) is 0 Å². The third kappa shape index (κ3) is 2.26. The first-order valence-corrected chi connectivity index (χ1v) is 9.87. The molecule has 0 aromatic carbocycles. The van der Waals surface area contributed by atoms with Gasteiger partial charge in [0, 0.05) is 27.1 Å². The van der Waals surface area contributed by atoms with E-state index in [0.717, 1.165) is 32.1 Å². The number of methoxy groups -OCH3 is 2. The van der Waals surface area contributed by atoms with Gasteiger partial charge < -0.3 is 9.47 Å². The standard InChI is InChI=1S/C21H33FO2/c1-13-5-6-18-16-11-19(22)17-12-21(23-3,24-4)10-8-15(17)14(16)7-9-20(13,18)2/h14-19H,1,5-12H2,2-4H3. The minimum atomic E-state index is -0.697. The summed E-state index contributed by atoms with van der Waals surface area (Å²) in [4.78, 5) is 0. The van der Waals surface area contributed by atoms with Crippen LogP contribution in [0, 0.1) is 35.0 Å². The highest BCUT2D eigenvalue weighted by atomic mass is 19.1. The Morgan fingerprint density at radius 3 is 2.38 bits per heavy atom. The Labute approximate surface area is 146 Å². The van der Waals surface area contributed by atoms with Gasteiger partial charge in [0.15, 0.2) is 5.79 Å². The zero-order valence-electron chi connectivity index (χ0n) is 15.5. The molecular formula is C21H33FO2. The smallest absolute Gasteiger partial charge is 0.167 e. The molecule has 0 heterocycles. The SMILES string of the molecule is C=C1CCC2C3CC(F)C4CC(OC)(OC)CCC4C3CCC12C. The highest BCUT2D eigenvalue weighted by molar-refractivity contribution is 5.21. The Bertz CT molecular complexity index is 514. The molecule has 0 aromatic rings. The molecule has 0 aliphatic heterocycles. The third-order valence-corrected chi connectivity index (χ3v) is 8.66. The van der Waals surface area contributed by atoms with Crippen molar-refractivity contribution in [3.8, 4) is 0 Å². The molecule has 7 unspecified atom stereocenters. The Morgan fingerprint density at radius 1 is 1.00 bits per heavy atom. The van der Waals surface area contributed by atoms with Crippen molar-refractivity contribution in [1.82, 2.24) is 0 Å². The van der Waals surface area contributed by atoms with Crippen LogP contribution in [0.25, 0.3) is 0 Å². The lowest BCUT2D eigenvalue weighted by atomic mass is 9.49. The minimum Gasteiger partial charge on any atom is -0.353 e.